The van der Waals surface area contributed by atoms with E-state index in [1.165, 1.54) is 0 Å². The number of methoxy groups -OCH3 is 1. The Morgan fingerprint density at radius 1 is 1.43 bits per heavy atom. The smallest absolute Gasteiger partial charge is 0.237 e. The number of carbonyl (C=O) groups is 1. The van der Waals surface area contributed by atoms with Gasteiger partial charge in [-0.15, -0.1) is 0 Å². The van der Waals surface area contributed by atoms with Crippen molar-refractivity contribution in [3.8, 4) is 0 Å². The van der Waals surface area contributed by atoms with Crippen molar-refractivity contribution in [1.82, 2.24) is 10.6 Å². The van der Waals surface area contributed by atoms with Gasteiger partial charge in [-0.25, -0.2) is 0 Å². The van der Waals surface area contributed by atoms with Gasteiger partial charge in [0.1, 0.15) is 0 Å². The van der Waals surface area contributed by atoms with Crippen molar-refractivity contribution in [3.05, 3.63) is 0 Å². The van der Waals surface area contributed by atoms with E-state index in [1.807, 2.05) is 0 Å². The van der Waals surface area contributed by atoms with Crippen LogP contribution in [-0.4, -0.2) is 37.7 Å². The Labute approximate surface area is 84.4 Å². The van der Waals surface area contributed by atoms with Crippen LogP contribution in [0.15, 0.2) is 0 Å². The van der Waals surface area contributed by atoms with Gasteiger partial charge in [0.25, 0.3) is 0 Å². The van der Waals surface area contributed by atoms with Gasteiger partial charge in [-0.05, 0) is 32.2 Å². The third-order valence-electron chi connectivity index (χ3n) is 3.22. The zero-order chi connectivity index (χ0) is 9.97. The zero-order valence-electron chi connectivity index (χ0n) is 8.58. The predicted molar refractivity (Wildman–Crippen MR) is 53.0 cm³/mol. The molecule has 1 saturated carbocycles. The van der Waals surface area contributed by atoms with E-state index in [0.29, 0.717) is 0 Å². The summed E-state index contributed by atoms with van der Waals surface area (Å²) in [6.45, 7) is 0.969. The minimum absolute atomic E-state index is 0.0492. The van der Waals surface area contributed by atoms with E-state index < -0.39 is 0 Å². The summed E-state index contributed by atoms with van der Waals surface area (Å²) in [6, 6.07) is 0.281. The van der Waals surface area contributed by atoms with Gasteiger partial charge in [0.15, 0.2) is 0 Å². The number of hydrogen-bond acceptors (Lipinski definition) is 3. The van der Waals surface area contributed by atoms with E-state index in [-0.39, 0.29) is 24.1 Å². The summed E-state index contributed by atoms with van der Waals surface area (Å²) in [4.78, 5) is 11.6. The largest absolute Gasteiger partial charge is 0.379 e. The molecule has 3 atom stereocenters. The molecule has 2 aliphatic rings. The molecule has 4 nitrogen and oxygen atoms in total. The first-order valence-electron chi connectivity index (χ1n) is 5.38. The van der Waals surface area contributed by atoms with E-state index in [0.717, 1.165) is 32.2 Å². The first kappa shape index (κ1) is 9.93. The third-order valence-corrected chi connectivity index (χ3v) is 3.22. The molecule has 0 aromatic rings. The molecule has 1 aliphatic heterocycles. The Morgan fingerprint density at radius 3 is 2.79 bits per heavy atom. The van der Waals surface area contributed by atoms with Gasteiger partial charge in [0.2, 0.25) is 5.91 Å². The maximum Gasteiger partial charge on any atom is 0.237 e. The van der Waals surface area contributed by atoms with Crippen LogP contribution in [0, 0.1) is 0 Å². The number of hydrogen-bond donors (Lipinski definition) is 2. The Kier molecular flexibility index (Phi) is 3.03. The van der Waals surface area contributed by atoms with Crippen molar-refractivity contribution in [2.75, 3.05) is 13.7 Å². The number of amides is 1. The number of carbonyl (C=O) groups excluding carboxylic acids is 1. The highest BCUT2D eigenvalue weighted by Gasteiger charge is 2.32. The van der Waals surface area contributed by atoms with Gasteiger partial charge in [-0.1, -0.05) is 0 Å². The van der Waals surface area contributed by atoms with E-state index in [2.05, 4.69) is 10.6 Å². The summed E-state index contributed by atoms with van der Waals surface area (Å²) >= 11 is 0. The van der Waals surface area contributed by atoms with Crippen molar-refractivity contribution >= 4 is 5.91 Å². The van der Waals surface area contributed by atoms with Crippen LogP contribution in [0.5, 0.6) is 0 Å². The molecule has 1 amide bonds. The van der Waals surface area contributed by atoms with Gasteiger partial charge in [-0.3, -0.25) is 4.79 Å². The molecule has 2 rings (SSSR count). The summed E-state index contributed by atoms with van der Waals surface area (Å²) in [5.74, 6) is 0.144. The molecule has 0 spiro atoms. The second-order valence-corrected chi connectivity index (χ2v) is 4.12. The van der Waals surface area contributed by atoms with Crippen molar-refractivity contribution in [2.45, 2.75) is 43.9 Å². The standard InChI is InChI=1S/C10H18N2O2/c1-14-9-4-2-3-7(9)12-10(13)8-5-6-11-8/h7-9,11H,2-6H2,1H3,(H,12,13)/t7?,8-,9?/m1/s1. The van der Waals surface area contributed by atoms with Gasteiger partial charge in [0, 0.05) is 7.11 Å². The van der Waals surface area contributed by atoms with Gasteiger partial charge < -0.3 is 15.4 Å². The molecule has 80 valence electrons. The molecule has 0 aromatic carbocycles. The highest BCUT2D eigenvalue weighted by molar-refractivity contribution is 5.82. The second kappa shape index (κ2) is 4.28. The third kappa shape index (κ3) is 1.91. The lowest BCUT2D eigenvalue weighted by Gasteiger charge is -2.29. The van der Waals surface area contributed by atoms with Crippen LogP contribution in [0.1, 0.15) is 25.7 Å². The van der Waals surface area contributed by atoms with Crippen molar-refractivity contribution in [1.29, 1.82) is 0 Å². The van der Waals surface area contributed by atoms with Crippen LogP contribution in [-0.2, 0) is 9.53 Å². The molecular formula is C10H18N2O2. The summed E-state index contributed by atoms with van der Waals surface area (Å²) in [6.07, 6.45) is 4.47. The maximum atomic E-state index is 11.6. The SMILES string of the molecule is COC1CCCC1NC(=O)[C@H]1CCN1. The number of ether oxygens (including phenoxy) is 1. The summed E-state index contributed by atoms with van der Waals surface area (Å²) < 4.78 is 5.32. The molecule has 1 heterocycles. The first-order valence-corrected chi connectivity index (χ1v) is 5.38. The molecular weight excluding hydrogens is 180 g/mol. The van der Waals surface area contributed by atoms with E-state index >= 15 is 0 Å². The van der Waals surface area contributed by atoms with Crippen LogP contribution >= 0.6 is 0 Å². The lowest BCUT2D eigenvalue weighted by molar-refractivity contribution is -0.126. The summed E-state index contributed by atoms with van der Waals surface area (Å²) in [7, 11) is 1.72. The van der Waals surface area contributed by atoms with Crippen molar-refractivity contribution in [2.24, 2.45) is 0 Å². The average Bonchev–Trinajstić information content (AvgIpc) is 2.48. The molecule has 1 saturated heterocycles. The molecule has 2 fully saturated rings. The van der Waals surface area contributed by atoms with Gasteiger partial charge >= 0.3 is 0 Å². The topological polar surface area (TPSA) is 50.4 Å². The van der Waals surface area contributed by atoms with Crippen LogP contribution in [0.2, 0.25) is 0 Å². The predicted octanol–water partition coefficient (Wildman–Crippen LogP) is 0.0320. The van der Waals surface area contributed by atoms with Gasteiger partial charge in [-0.2, -0.15) is 0 Å². The Balaban J connectivity index is 1.80. The average molecular weight is 198 g/mol. The van der Waals surface area contributed by atoms with Gasteiger partial charge in [0.05, 0.1) is 18.2 Å². The van der Waals surface area contributed by atoms with Crippen molar-refractivity contribution in [3.63, 3.8) is 0 Å². The Hall–Kier alpha value is -0.610. The van der Waals surface area contributed by atoms with E-state index in [9.17, 15) is 4.79 Å². The first-order chi connectivity index (χ1) is 6.81. The molecule has 14 heavy (non-hydrogen) atoms. The second-order valence-electron chi connectivity index (χ2n) is 4.12. The molecule has 1 aliphatic carbocycles. The summed E-state index contributed by atoms with van der Waals surface area (Å²) in [5, 5.41) is 6.15. The van der Waals surface area contributed by atoms with Crippen LogP contribution in [0.25, 0.3) is 0 Å². The monoisotopic (exact) mass is 198 g/mol. The lowest BCUT2D eigenvalue weighted by Crippen LogP contribution is -2.56. The quantitative estimate of drug-likeness (QED) is 0.673. The maximum absolute atomic E-state index is 11.6. The summed E-state index contributed by atoms with van der Waals surface area (Å²) in [5.41, 5.74) is 0. The molecule has 0 radical (unpaired) electrons. The fraction of sp³-hybridized carbons (Fsp3) is 0.900. The fourth-order valence-electron chi connectivity index (χ4n) is 2.17. The molecule has 0 bridgehead atoms. The highest BCUT2D eigenvalue weighted by atomic mass is 16.5. The Bertz CT molecular complexity index is 216. The highest BCUT2D eigenvalue weighted by Crippen LogP contribution is 2.21. The van der Waals surface area contributed by atoms with E-state index in [1.54, 1.807) is 7.11 Å². The minimum Gasteiger partial charge on any atom is -0.379 e. The zero-order valence-corrected chi connectivity index (χ0v) is 8.58. The molecule has 2 N–H and O–H groups in total. The van der Waals surface area contributed by atoms with Crippen LogP contribution < -0.4 is 10.6 Å². The Morgan fingerprint density at radius 2 is 2.21 bits per heavy atom. The normalized spacial score (nSPS) is 36.5. The number of rotatable bonds is 3. The molecule has 2 unspecified atom stereocenters. The van der Waals surface area contributed by atoms with E-state index in [4.69, 9.17) is 4.74 Å². The molecule has 4 heteroatoms. The lowest BCUT2D eigenvalue weighted by atomic mass is 10.1. The number of nitrogens with one attached hydrogen (secondary N) is 2. The minimum atomic E-state index is 0.0492. The van der Waals surface area contributed by atoms with Crippen molar-refractivity contribution < 1.29 is 9.53 Å². The van der Waals surface area contributed by atoms with Crippen LogP contribution in [0.3, 0.4) is 0 Å². The fourth-order valence-corrected chi connectivity index (χ4v) is 2.17. The molecule has 0 aromatic heterocycles. The van der Waals surface area contributed by atoms with Crippen LogP contribution in [0.4, 0.5) is 0 Å².